The Morgan fingerprint density at radius 3 is 2.81 bits per heavy atom. The Labute approximate surface area is 159 Å². The minimum atomic E-state index is -0.554. The molecule has 0 saturated carbocycles. The molecule has 0 unspecified atom stereocenters. The summed E-state index contributed by atoms with van der Waals surface area (Å²) < 4.78 is 7.02. The van der Waals surface area contributed by atoms with E-state index in [4.69, 9.17) is 4.74 Å². The third kappa shape index (κ3) is 4.03. The van der Waals surface area contributed by atoms with E-state index in [1.54, 1.807) is 6.07 Å². The first-order valence-electron chi connectivity index (χ1n) is 8.23. The Bertz CT molecular complexity index is 1000. The summed E-state index contributed by atoms with van der Waals surface area (Å²) in [6.07, 6.45) is 0. The van der Waals surface area contributed by atoms with E-state index in [1.807, 2.05) is 35.8 Å². The number of benzene rings is 2. The van der Waals surface area contributed by atoms with Crippen molar-refractivity contribution in [3.63, 3.8) is 0 Å². The number of fused-ring (bicyclic) bond motifs is 1. The fourth-order valence-electron chi connectivity index (χ4n) is 2.68. The molecule has 1 N–H and O–H groups in total. The van der Waals surface area contributed by atoms with E-state index in [9.17, 15) is 14.9 Å². The number of rotatable bonds is 7. The average Bonchev–Trinajstić information content (AvgIpc) is 3.04. The highest BCUT2D eigenvalue weighted by molar-refractivity contribution is 7.99. The van der Waals surface area contributed by atoms with Gasteiger partial charge in [0.05, 0.1) is 34.9 Å². The highest BCUT2D eigenvalue weighted by atomic mass is 32.2. The van der Waals surface area contributed by atoms with E-state index in [0.29, 0.717) is 5.75 Å². The van der Waals surface area contributed by atoms with Gasteiger partial charge in [-0.15, -0.1) is 0 Å². The average molecular weight is 386 g/mol. The summed E-state index contributed by atoms with van der Waals surface area (Å²) >= 11 is 1.29. The number of hydrogen-bond acceptors (Lipinski definition) is 6. The molecule has 140 valence electrons. The summed E-state index contributed by atoms with van der Waals surface area (Å²) in [5, 5.41) is 14.5. The van der Waals surface area contributed by atoms with E-state index in [-0.39, 0.29) is 23.0 Å². The molecular formula is C18H18N4O4S. The number of ether oxygens (including phenoxy) is 1. The lowest BCUT2D eigenvalue weighted by Gasteiger charge is -2.08. The van der Waals surface area contributed by atoms with Crippen LogP contribution in [0.2, 0.25) is 0 Å². The SMILES string of the molecule is CCn1c(SCC(=O)Nc2ccc(OC)cc2[N+](=O)[O-])nc2ccccc21. The highest BCUT2D eigenvalue weighted by Gasteiger charge is 2.18. The molecule has 0 radical (unpaired) electrons. The van der Waals surface area contributed by atoms with Gasteiger partial charge < -0.3 is 14.6 Å². The molecule has 0 aliphatic carbocycles. The zero-order valence-corrected chi connectivity index (χ0v) is 15.7. The number of nitrogens with zero attached hydrogens (tertiary/aromatic N) is 3. The molecule has 1 heterocycles. The van der Waals surface area contributed by atoms with Gasteiger partial charge in [0.15, 0.2) is 5.16 Å². The monoisotopic (exact) mass is 386 g/mol. The number of amides is 1. The van der Waals surface area contributed by atoms with Gasteiger partial charge in [0, 0.05) is 6.54 Å². The van der Waals surface area contributed by atoms with Gasteiger partial charge in [-0.25, -0.2) is 4.98 Å². The molecule has 0 atom stereocenters. The maximum absolute atomic E-state index is 12.3. The predicted molar refractivity (Wildman–Crippen MR) is 104 cm³/mol. The molecule has 27 heavy (non-hydrogen) atoms. The van der Waals surface area contributed by atoms with Gasteiger partial charge in [-0.1, -0.05) is 23.9 Å². The number of hydrogen-bond donors (Lipinski definition) is 1. The minimum absolute atomic E-state index is 0.0898. The second-order valence-electron chi connectivity index (χ2n) is 5.60. The third-order valence-electron chi connectivity index (χ3n) is 3.94. The molecule has 1 aromatic heterocycles. The van der Waals surface area contributed by atoms with Crippen LogP contribution < -0.4 is 10.1 Å². The molecular weight excluding hydrogens is 368 g/mol. The van der Waals surface area contributed by atoms with Crippen molar-refractivity contribution >= 4 is 40.1 Å². The van der Waals surface area contributed by atoms with Gasteiger partial charge in [0.1, 0.15) is 11.4 Å². The zero-order valence-electron chi connectivity index (χ0n) is 14.8. The lowest BCUT2D eigenvalue weighted by atomic mass is 10.2. The largest absolute Gasteiger partial charge is 0.496 e. The first-order valence-corrected chi connectivity index (χ1v) is 9.22. The van der Waals surface area contributed by atoms with Crippen molar-refractivity contribution in [1.29, 1.82) is 0 Å². The molecule has 0 aliphatic heterocycles. The summed E-state index contributed by atoms with van der Waals surface area (Å²) in [5.74, 6) is 0.0979. The van der Waals surface area contributed by atoms with E-state index >= 15 is 0 Å². The Morgan fingerprint density at radius 2 is 2.11 bits per heavy atom. The quantitative estimate of drug-likeness (QED) is 0.378. The number of imidazole rings is 1. The van der Waals surface area contributed by atoms with E-state index in [0.717, 1.165) is 22.7 Å². The van der Waals surface area contributed by atoms with Gasteiger partial charge in [-0.2, -0.15) is 0 Å². The molecule has 0 spiro atoms. The van der Waals surface area contributed by atoms with Crippen LogP contribution in [0.25, 0.3) is 11.0 Å². The van der Waals surface area contributed by atoms with E-state index in [2.05, 4.69) is 10.3 Å². The zero-order chi connectivity index (χ0) is 19.4. The number of carbonyl (C=O) groups is 1. The molecule has 8 nitrogen and oxygen atoms in total. The van der Waals surface area contributed by atoms with Crippen LogP contribution in [-0.2, 0) is 11.3 Å². The van der Waals surface area contributed by atoms with E-state index in [1.165, 1.54) is 31.0 Å². The van der Waals surface area contributed by atoms with Gasteiger partial charge >= 0.3 is 0 Å². The van der Waals surface area contributed by atoms with Crippen molar-refractivity contribution in [3.8, 4) is 5.75 Å². The van der Waals surface area contributed by atoms with E-state index < -0.39 is 4.92 Å². The highest BCUT2D eigenvalue weighted by Crippen LogP contribution is 2.29. The van der Waals surface area contributed by atoms with Crippen LogP contribution in [0, 0.1) is 10.1 Å². The van der Waals surface area contributed by atoms with Gasteiger partial charge in [0.2, 0.25) is 5.91 Å². The van der Waals surface area contributed by atoms with Gasteiger partial charge in [-0.3, -0.25) is 14.9 Å². The van der Waals surface area contributed by atoms with Crippen molar-refractivity contribution in [2.45, 2.75) is 18.6 Å². The molecule has 0 aliphatic rings. The van der Waals surface area contributed by atoms with Gasteiger partial charge in [-0.05, 0) is 31.2 Å². The lowest BCUT2D eigenvalue weighted by Crippen LogP contribution is -2.15. The number of carbonyl (C=O) groups excluding carboxylic acids is 1. The third-order valence-corrected chi connectivity index (χ3v) is 4.92. The summed E-state index contributed by atoms with van der Waals surface area (Å²) in [7, 11) is 1.42. The number of nitro groups is 1. The van der Waals surface area contributed by atoms with Crippen molar-refractivity contribution in [2.75, 3.05) is 18.2 Å². The van der Waals surface area contributed by atoms with Crippen LogP contribution in [-0.4, -0.2) is 33.2 Å². The van der Waals surface area contributed by atoms with Crippen molar-refractivity contribution in [1.82, 2.24) is 9.55 Å². The molecule has 1 amide bonds. The summed E-state index contributed by atoms with van der Waals surface area (Å²) in [6, 6.07) is 12.1. The number of anilines is 1. The summed E-state index contributed by atoms with van der Waals surface area (Å²) in [6.45, 7) is 2.74. The molecule has 9 heteroatoms. The normalized spacial score (nSPS) is 10.7. The number of nitrogens with one attached hydrogen (secondary N) is 1. The Kier molecular flexibility index (Phi) is 5.60. The summed E-state index contributed by atoms with van der Waals surface area (Å²) in [4.78, 5) is 27.5. The van der Waals surface area contributed by atoms with Crippen molar-refractivity contribution < 1.29 is 14.5 Å². The molecule has 3 rings (SSSR count). The topological polar surface area (TPSA) is 99.3 Å². The van der Waals surface area contributed by atoms with Crippen LogP contribution in [0.4, 0.5) is 11.4 Å². The number of nitro benzene ring substituents is 1. The Hall–Kier alpha value is -3.07. The number of aromatic nitrogens is 2. The summed E-state index contributed by atoms with van der Waals surface area (Å²) in [5.41, 5.74) is 1.80. The van der Waals surface area contributed by atoms with Crippen LogP contribution in [0.1, 0.15) is 6.92 Å². The number of para-hydroxylation sites is 2. The Balaban J connectivity index is 1.73. The van der Waals surface area contributed by atoms with Crippen LogP contribution in [0.5, 0.6) is 5.75 Å². The molecule has 3 aromatic rings. The predicted octanol–water partition coefficient (Wildman–Crippen LogP) is 3.70. The van der Waals surface area contributed by atoms with Crippen molar-refractivity contribution in [2.24, 2.45) is 0 Å². The first kappa shape index (κ1) is 18.7. The molecule has 2 aromatic carbocycles. The van der Waals surface area contributed by atoms with Crippen LogP contribution >= 0.6 is 11.8 Å². The lowest BCUT2D eigenvalue weighted by molar-refractivity contribution is -0.384. The first-order chi connectivity index (χ1) is 13.0. The smallest absolute Gasteiger partial charge is 0.296 e. The minimum Gasteiger partial charge on any atom is -0.496 e. The van der Waals surface area contributed by atoms with Crippen LogP contribution in [0.3, 0.4) is 0 Å². The number of thioether (sulfide) groups is 1. The van der Waals surface area contributed by atoms with Crippen LogP contribution in [0.15, 0.2) is 47.6 Å². The van der Waals surface area contributed by atoms with Crippen molar-refractivity contribution in [3.05, 3.63) is 52.6 Å². The second kappa shape index (κ2) is 8.09. The second-order valence-corrected chi connectivity index (χ2v) is 6.55. The maximum atomic E-state index is 12.3. The fourth-order valence-corrected chi connectivity index (χ4v) is 3.56. The number of methoxy groups -OCH3 is 1. The standard InChI is InChI=1S/C18H18N4O4S/c1-3-21-15-7-5-4-6-13(15)20-18(21)27-11-17(23)19-14-9-8-12(26-2)10-16(14)22(24)25/h4-10H,3,11H2,1-2H3,(H,19,23). The maximum Gasteiger partial charge on any atom is 0.296 e. The fraction of sp³-hybridized carbons (Fsp3) is 0.222. The number of aryl methyl sites for hydroxylation is 1. The van der Waals surface area contributed by atoms with Gasteiger partial charge in [0.25, 0.3) is 5.69 Å². The Morgan fingerprint density at radius 1 is 1.33 bits per heavy atom. The molecule has 0 fully saturated rings. The molecule has 0 saturated heterocycles. The molecule has 0 bridgehead atoms.